The molecule has 0 atom stereocenters. The number of benzene rings is 1. The lowest BCUT2D eigenvalue weighted by molar-refractivity contribution is -0.150. The van der Waals surface area contributed by atoms with Crippen LogP contribution in [0.1, 0.15) is 35.7 Å². The highest BCUT2D eigenvalue weighted by molar-refractivity contribution is 6.31. The second kappa shape index (κ2) is 5.44. The molecule has 108 valence electrons. The number of rotatable bonds is 2. The number of carboxylic acid groups (broad SMARTS) is 1. The minimum absolute atomic E-state index is 0.0839. The summed E-state index contributed by atoms with van der Waals surface area (Å²) in [6, 6.07) is 5.25. The number of aryl methyl sites for hydroxylation is 1. The van der Waals surface area contributed by atoms with Crippen LogP contribution in [0.4, 0.5) is 0 Å². The highest BCUT2D eigenvalue weighted by atomic mass is 35.5. The lowest BCUT2D eigenvalue weighted by Crippen LogP contribution is -2.45. The molecule has 1 heterocycles. The second-order valence-corrected chi connectivity index (χ2v) is 6.03. The normalized spacial score (nSPS) is 17.9. The third-order valence-electron chi connectivity index (χ3n) is 4.09. The summed E-state index contributed by atoms with van der Waals surface area (Å²) in [6.45, 7) is 4.55. The Bertz CT molecular complexity index is 548. The molecular formula is C15H18ClNO3. The summed E-state index contributed by atoms with van der Waals surface area (Å²) < 4.78 is 0. The number of likely N-dealkylation sites (tertiary alicyclic amines) is 1. The quantitative estimate of drug-likeness (QED) is 0.912. The van der Waals surface area contributed by atoms with Gasteiger partial charge in [0, 0.05) is 23.7 Å². The fraction of sp³-hybridized carbons (Fsp3) is 0.467. The molecule has 20 heavy (non-hydrogen) atoms. The van der Waals surface area contributed by atoms with E-state index in [0.29, 0.717) is 36.5 Å². The molecule has 0 unspecified atom stereocenters. The summed E-state index contributed by atoms with van der Waals surface area (Å²) in [5, 5.41) is 9.76. The number of amides is 1. The molecule has 0 bridgehead atoms. The summed E-state index contributed by atoms with van der Waals surface area (Å²) in [5.41, 5.74) is 0.765. The van der Waals surface area contributed by atoms with Gasteiger partial charge >= 0.3 is 5.97 Å². The minimum atomic E-state index is -0.789. The Balaban J connectivity index is 2.08. The highest BCUT2D eigenvalue weighted by Gasteiger charge is 2.38. The van der Waals surface area contributed by atoms with E-state index in [1.165, 1.54) is 0 Å². The molecule has 1 aliphatic rings. The van der Waals surface area contributed by atoms with Gasteiger partial charge in [0.25, 0.3) is 5.91 Å². The first-order valence-corrected chi connectivity index (χ1v) is 7.00. The van der Waals surface area contributed by atoms with E-state index in [4.69, 9.17) is 11.6 Å². The Kier molecular flexibility index (Phi) is 4.04. The van der Waals surface area contributed by atoms with E-state index in [1.807, 2.05) is 13.0 Å². The van der Waals surface area contributed by atoms with Gasteiger partial charge in [0.2, 0.25) is 0 Å². The Morgan fingerprint density at radius 1 is 1.30 bits per heavy atom. The van der Waals surface area contributed by atoms with Crippen LogP contribution in [0.3, 0.4) is 0 Å². The van der Waals surface area contributed by atoms with Crippen molar-refractivity contribution in [2.75, 3.05) is 13.1 Å². The van der Waals surface area contributed by atoms with Gasteiger partial charge < -0.3 is 10.0 Å². The fourth-order valence-corrected chi connectivity index (χ4v) is 2.51. The van der Waals surface area contributed by atoms with Crippen LogP contribution in [0.15, 0.2) is 18.2 Å². The highest BCUT2D eigenvalue weighted by Crippen LogP contribution is 2.31. The molecule has 0 aliphatic carbocycles. The summed E-state index contributed by atoms with van der Waals surface area (Å²) in [4.78, 5) is 25.2. The molecule has 0 radical (unpaired) electrons. The maximum absolute atomic E-state index is 12.4. The molecule has 1 saturated heterocycles. The van der Waals surface area contributed by atoms with Crippen molar-refractivity contribution in [2.24, 2.45) is 5.41 Å². The smallest absolute Gasteiger partial charge is 0.309 e. The van der Waals surface area contributed by atoms with Crippen LogP contribution >= 0.6 is 11.6 Å². The van der Waals surface area contributed by atoms with Crippen molar-refractivity contribution in [1.29, 1.82) is 0 Å². The Morgan fingerprint density at radius 2 is 1.90 bits per heavy atom. The number of nitrogens with zero attached hydrogens (tertiary/aromatic N) is 1. The van der Waals surface area contributed by atoms with Crippen LogP contribution < -0.4 is 0 Å². The topological polar surface area (TPSA) is 57.6 Å². The maximum Gasteiger partial charge on any atom is 0.309 e. The van der Waals surface area contributed by atoms with E-state index in [2.05, 4.69) is 0 Å². The summed E-state index contributed by atoms with van der Waals surface area (Å²) >= 11 is 6.04. The zero-order chi connectivity index (χ0) is 14.9. The number of halogens is 1. The summed E-state index contributed by atoms with van der Waals surface area (Å²) in [7, 11) is 0. The Labute approximate surface area is 123 Å². The molecule has 0 saturated carbocycles. The monoisotopic (exact) mass is 295 g/mol. The van der Waals surface area contributed by atoms with Crippen molar-refractivity contribution in [2.45, 2.75) is 26.7 Å². The third-order valence-corrected chi connectivity index (χ3v) is 4.50. The van der Waals surface area contributed by atoms with E-state index in [0.717, 1.165) is 5.56 Å². The lowest BCUT2D eigenvalue weighted by Gasteiger charge is -2.36. The van der Waals surface area contributed by atoms with Crippen LogP contribution in [-0.2, 0) is 4.79 Å². The van der Waals surface area contributed by atoms with Crippen LogP contribution in [0.2, 0.25) is 5.02 Å². The van der Waals surface area contributed by atoms with Gasteiger partial charge in [-0.1, -0.05) is 17.7 Å². The molecule has 1 aliphatic heterocycles. The largest absolute Gasteiger partial charge is 0.481 e. The SMILES string of the molecule is Cc1ccc(C(=O)N2CCC(C)(C(=O)O)CC2)cc1Cl. The average molecular weight is 296 g/mol. The molecule has 5 heteroatoms. The zero-order valence-corrected chi connectivity index (χ0v) is 12.4. The Hall–Kier alpha value is -1.55. The molecule has 1 aromatic rings. The summed E-state index contributed by atoms with van der Waals surface area (Å²) in [5.74, 6) is -0.873. The van der Waals surface area contributed by atoms with Gasteiger partial charge in [0.05, 0.1) is 5.41 Å². The van der Waals surface area contributed by atoms with Gasteiger partial charge in [0.15, 0.2) is 0 Å². The number of hydrogen-bond acceptors (Lipinski definition) is 2. The van der Waals surface area contributed by atoms with Crippen molar-refractivity contribution < 1.29 is 14.7 Å². The fourth-order valence-electron chi connectivity index (χ4n) is 2.33. The van der Waals surface area contributed by atoms with Gasteiger partial charge in [-0.05, 0) is 44.4 Å². The predicted octanol–water partition coefficient (Wildman–Crippen LogP) is 2.98. The van der Waals surface area contributed by atoms with Gasteiger partial charge in [-0.3, -0.25) is 9.59 Å². The number of carbonyl (C=O) groups excluding carboxylic acids is 1. The molecule has 1 aromatic carbocycles. The minimum Gasteiger partial charge on any atom is -0.481 e. The van der Waals surface area contributed by atoms with Crippen molar-refractivity contribution in [3.8, 4) is 0 Å². The van der Waals surface area contributed by atoms with Gasteiger partial charge in [0.1, 0.15) is 0 Å². The molecule has 0 spiro atoms. The molecule has 1 fully saturated rings. The van der Waals surface area contributed by atoms with E-state index in [9.17, 15) is 14.7 Å². The van der Waals surface area contributed by atoms with Crippen LogP contribution in [0.25, 0.3) is 0 Å². The molecule has 0 aromatic heterocycles. The van der Waals surface area contributed by atoms with Crippen LogP contribution in [0.5, 0.6) is 0 Å². The molecule has 2 rings (SSSR count). The van der Waals surface area contributed by atoms with Gasteiger partial charge in [-0.25, -0.2) is 0 Å². The predicted molar refractivity (Wildman–Crippen MR) is 77.1 cm³/mol. The van der Waals surface area contributed by atoms with Crippen molar-refractivity contribution in [1.82, 2.24) is 4.90 Å². The van der Waals surface area contributed by atoms with E-state index >= 15 is 0 Å². The molecular weight excluding hydrogens is 278 g/mol. The van der Waals surface area contributed by atoms with E-state index in [-0.39, 0.29) is 5.91 Å². The average Bonchev–Trinajstić information content (AvgIpc) is 2.42. The number of piperidine rings is 1. The van der Waals surface area contributed by atoms with Gasteiger partial charge in [-0.2, -0.15) is 0 Å². The molecule has 4 nitrogen and oxygen atoms in total. The number of carboxylic acids is 1. The third kappa shape index (κ3) is 2.80. The van der Waals surface area contributed by atoms with Crippen molar-refractivity contribution in [3.05, 3.63) is 34.3 Å². The lowest BCUT2D eigenvalue weighted by atomic mass is 9.80. The number of hydrogen-bond donors (Lipinski definition) is 1. The molecule has 1 N–H and O–H groups in total. The van der Waals surface area contributed by atoms with Crippen molar-refractivity contribution in [3.63, 3.8) is 0 Å². The van der Waals surface area contributed by atoms with Crippen LogP contribution in [-0.4, -0.2) is 35.0 Å². The second-order valence-electron chi connectivity index (χ2n) is 5.62. The maximum atomic E-state index is 12.4. The standard InChI is InChI=1S/C15H18ClNO3/c1-10-3-4-11(9-12(10)16)13(18)17-7-5-15(2,6-8-17)14(19)20/h3-4,9H,5-8H2,1-2H3,(H,19,20). The first kappa shape index (κ1) is 14.9. The van der Waals surface area contributed by atoms with E-state index in [1.54, 1.807) is 24.0 Å². The first-order valence-electron chi connectivity index (χ1n) is 6.62. The van der Waals surface area contributed by atoms with E-state index < -0.39 is 11.4 Å². The number of aliphatic carboxylic acids is 1. The zero-order valence-electron chi connectivity index (χ0n) is 11.6. The van der Waals surface area contributed by atoms with Crippen molar-refractivity contribution >= 4 is 23.5 Å². The summed E-state index contributed by atoms with van der Waals surface area (Å²) in [6.07, 6.45) is 0.960. The van der Waals surface area contributed by atoms with Crippen LogP contribution in [0, 0.1) is 12.3 Å². The van der Waals surface area contributed by atoms with Gasteiger partial charge in [-0.15, -0.1) is 0 Å². The first-order chi connectivity index (χ1) is 9.33. The molecule has 1 amide bonds. The Morgan fingerprint density at radius 3 is 2.40 bits per heavy atom. The number of carbonyl (C=O) groups is 2.